The van der Waals surface area contributed by atoms with Crippen molar-refractivity contribution in [2.75, 3.05) is 0 Å². The lowest BCUT2D eigenvalue weighted by molar-refractivity contribution is -0.127. The van der Waals surface area contributed by atoms with E-state index in [-0.39, 0.29) is 5.41 Å². The number of phenolic OH excluding ortho intramolecular Hbond substituents is 1. The van der Waals surface area contributed by atoms with Gasteiger partial charge >= 0.3 is 0 Å². The quantitative estimate of drug-likeness (QED) is 0.743. The summed E-state index contributed by atoms with van der Waals surface area (Å²) >= 11 is 0. The van der Waals surface area contributed by atoms with Crippen LogP contribution in [0.2, 0.25) is 0 Å². The Kier molecular flexibility index (Phi) is 3.84. The third-order valence-corrected chi connectivity index (χ3v) is 7.73. The molecule has 2 fully saturated rings. The lowest BCUT2D eigenvalue weighted by atomic mass is 9.55. The minimum absolute atomic E-state index is 0.225. The van der Waals surface area contributed by atoms with Gasteiger partial charge in [-0.05, 0) is 91.7 Å². The van der Waals surface area contributed by atoms with Gasteiger partial charge in [0, 0.05) is 24.2 Å². The number of rotatable bonds is 1. The van der Waals surface area contributed by atoms with Gasteiger partial charge in [-0.15, -0.1) is 0 Å². The average molecular weight is 377 g/mol. The highest BCUT2D eigenvalue weighted by Gasteiger charge is 2.56. The number of allylic oxidation sites excluding steroid dienone is 1. The van der Waals surface area contributed by atoms with Gasteiger partial charge in [0.05, 0.1) is 5.69 Å². The van der Waals surface area contributed by atoms with Crippen molar-refractivity contribution in [1.29, 1.82) is 0 Å². The van der Waals surface area contributed by atoms with Gasteiger partial charge in [-0.1, -0.05) is 13.0 Å². The highest BCUT2D eigenvalue weighted by Crippen LogP contribution is 2.60. The molecule has 146 valence electrons. The summed E-state index contributed by atoms with van der Waals surface area (Å²) in [5.41, 5.74) is 5.51. The van der Waals surface area contributed by atoms with Crippen molar-refractivity contribution in [2.45, 2.75) is 51.9 Å². The molecule has 0 spiro atoms. The fraction of sp³-hybridized carbons (Fsp3) is 0.500. The predicted octanol–water partition coefficient (Wildman–Crippen LogP) is 4.55. The predicted molar refractivity (Wildman–Crippen MR) is 109 cm³/mol. The smallest absolute Gasteiger partial charge is 0.165 e. The van der Waals surface area contributed by atoms with E-state index in [0.29, 0.717) is 29.3 Å². The molecule has 1 N–H and O–H groups in total. The maximum absolute atomic E-state index is 13.4. The Morgan fingerprint density at radius 3 is 2.89 bits per heavy atom. The van der Waals surface area contributed by atoms with Crippen LogP contribution in [-0.4, -0.2) is 20.7 Å². The van der Waals surface area contributed by atoms with Crippen LogP contribution in [0.1, 0.15) is 60.9 Å². The highest BCUT2D eigenvalue weighted by molar-refractivity contribution is 6.06. The van der Waals surface area contributed by atoms with Crippen molar-refractivity contribution in [3.8, 4) is 5.75 Å². The van der Waals surface area contributed by atoms with E-state index in [2.05, 4.69) is 24.2 Å². The molecular formula is C24H28N2O2. The molecule has 3 aliphatic carbocycles. The number of benzene rings is 1. The molecule has 1 aromatic heterocycles. The largest absolute Gasteiger partial charge is 0.508 e. The van der Waals surface area contributed by atoms with Crippen LogP contribution in [0.3, 0.4) is 0 Å². The van der Waals surface area contributed by atoms with E-state index >= 15 is 0 Å². The van der Waals surface area contributed by atoms with Crippen LogP contribution in [0.4, 0.5) is 0 Å². The second-order valence-electron chi connectivity index (χ2n) is 9.30. The van der Waals surface area contributed by atoms with Crippen molar-refractivity contribution in [3.63, 3.8) is 0 Å². The second-order valence-corrected chi connectivity index (χ2v) is 9.30. The third-order valence-electron chi connectivity index (χ3n) is 7.73. The minimum Gasteiger partial charge on any atom is -0.508 e. The molecule has 2 saturated carbocycles. The first kappa shape index (κ1) is 17.7. The Hall–Kier alpha value is -2.36. The molecule has 4 atom stereocenters. The van der Waals surface area contributed by atoms with E-state index in [0.717, 1.165) is 48.9 Å². The second kappa shape index (κ2) is 6.07. The Morgan fingerprint density at radius 1 is 1.32 bits per heavy atom. The number of phenols is 1. The summed E-state index contributed by atoms with van der Waals surface area (Å²) in [6.07, 6.45) is 9.14. The van der Waals surface area contributed by atoms with E-state index in [1.54, 1.807) is 0 Å². The van der Waals surface area contributed by atoms with E-state index < -0.39 is 0 Å². The maximum atomic E-state index is 13.4. The van der Waals surface area contributed by atoms with Gasteiger partial charge in [-0.25, -0.2) is 0 Å². The van der Waals surface area contributed by atoms with Gasteiger partial charge in [-0.2, -0.15) is 5.10 Å². The standard InChI is InChI=1S/C24H28N2O2/c1-14-17(13-26(3)25-14)10-16-12-22-21-6-4-15-11-18(27)5-7-19(15)20(21)8-9-24(22,2)23(16)28/h5,7,10-11,13,20-22,27H,4,6,8-9,12H2,1-3H3/b16-10-/t20-,21+,22+,24-/m0/s1. The fourth-order valence-corrected chi connectivity index (χ4v) is 6.32. The monoisotopic (exact) mass is 376 g/mol. The van der Waals surface area contributed by atoms with Crippen molar-refractivity contribution in [1.82, 2.24) is 9.78 Å². The lowest BCUT2D eigenvalue weighted by Gasteiger charge is -2.48. The zero-order chi connectivity index (χ0) is 19.6. The third kappa shape index (κ3) is 2.50. The number of ketones is 1. The van der Waals surface area contributed by atoms with Gasteiger partial charge in [-0.3, -0.25) is 9.48 Å². The van der Waals surface area contributed by atoms with E-state index in [9.17, 15) is 9.90 Å². The molecule has 0 saturated heterocycles. The highest BCUT2D eigenvalue weighted by atomic mass is 16.3. The topological polar surface area (TPSA) is 55.1 Å². The van der Waals surface area contributed by atoms with Crippen LogP contribution < -0.4 is 0 Å². The first-order chi connectivity index (χ1) is 13.4. The molecule has 28 heavy (non-hydrogen) atoms. The Morgan fingerprint density at radius 2 is 2.14 bits per heavy atom. The molecule has 4 nitrogen and oxygen atoms in total. The first-order valence-corrected chi connectivity index (χ1v) is 10.4. The molecule has 5 rings (SSSR count). The van der Waals surface area contributed by atoms with Gasteiger partial charge in [0.2, 0.25) is 0 Å². The Bertz CT molecular complexity index is 1000. The number of nitrogens with zero attached hydrogens (tertiary/aromatic N) is 2. The minimum atomic E-state index is -0.225. The Labute approximate surface area is 166 Å². The van der Waals surface area contributed by atoms with Crippen LogP contribution in [-0.2, 0) is 18.3 Å². The number of Topliss-reactive ketones (excluding diaryl/α,β-unsaturated/α-hetero) is 1. The summed E-state index contributed by atoms with van der Waals surface area (Å²) in [6, 6.07) is 5.89. The van der Waals surface area contributed by atoms with E-state index in [1.165, 1.54) is 11.1 Å². The molecule has 1 aromatic carbocycles. The van der Waals surface area contributed by atoms with Crippen molar-refractivity contribution >= 4 is 11.9 Å². The van der Waals surface area contributed by atoms with E-state index in [4.69, 9.17) is 0 Å². The fourth-order valence-electron chi connectivity index (χ4n) is 6.32. The molecule has 3 aliphatic rings. The van der Waals surface area contributed by atoms with Crippen molar-refractivity contribution in [3.05, 3.63) is 52.4 Å². The number of hydrogen-bond donors (Lipinski definition) is 1. The summed E-state index contributed by atoms with van der Waals surface area (Å²) in [4.78, 5) is 13.4. The summed E-state index contributed by atoms with van der Waals surface area (Å²) in [5.74, 6) is 2.22. The van der Waals surface area contributed by atoms with Crippen molar-refractivity contribution < 1.29 is 9.90 Å². The van der Waals surface area contributed by atoms with Crippen molar-refractivity contribution in [2.24, 2.45) is 24.3 Å². The van der Waals surface area contributed by atoms with Gasteiger partial charge in [0.1, 0.15) is 5.75 Å². The molecule has 0 radical (unpaired) electrons. The van der Waals surface area contributed by atoms with Gasteiger partial charge < -0.3 is 5.11 Å². The van der Waals surface area contributed by atoms with E-state index in [1.807, 2.05) is 37.0 Å². The number of carbonyl (C=O) groups excluding carboxylic acids is 1. The number of aromatic hydroxyl groups is 1. The maximum Gasteiger partial charge on any atom is 0.165 e. The number of carbonyl (C=O) groups is 1. The lowest BCUT2D eigenvalue weighted by Crippen LogP contribution is -2.42. The summed E-state index contributed by atoms with van der Waals surface area (Å²) in [7, 11) is 1.93. The molecule has 0 bridgehead atoms. The van der Waals surface area contributed by atoms with Crippen LogP contribution in [0.25, 0.3) is 6.08 Å². The number of hydrogen-bond acceptors (Lipinski definition) is 3. The summed E-state index contributed by atoms with van der Waals surface area (Å²) in [6.45, 7) is 4.21. The number of fused-ring (bicyclic) bond motifs is 5. The average Bonchev–Trinajstić information content (AvgIpc) is 3.11. The Balaban J connectivity index is 1.50. The molecule has 0 unspecified atom stereocenters. The van der Waals surface area contributed by atoms with Crippen LogP contribution in [0.15, 0.2) is 30.0 Å². The van der Waals surface area contributed by atoms with Gasteiger partial charge in [0.25, 0.3) is 0 Å². The number of aryl methyl sites for hydroxylation is 3. The van der Waals surface area contributed by atoms with Crippen LogP contribution in [0.5, 0.6) is 5.75 Å². The van der Waals surface area contributed by atoms with Crippen LogP contribution >= 0.6 is 0 Å². The van der Waals surface area contributed by atoms with Crippen LogP contribution in [0, 0.1) is 24.2 Å². The molecule has 2 aromatic rings. The SMILES string of the molecule is Cc1nn(C)cc1/C=C1/C[C@@H]2[C@@H]3CCc4cc(O)ccc4[C@@H]3CC[C@]2(C)C1=O. The molecule has 1 heterocycles. The molecular weight excluding hydrogens is 348 g/mol. The molecule has 0 amide bonds. The zero-order valence-corrected chi connectivity index (χ0v) is 16.9. The first-order valence-electron chi connectivity index (χ1n) is 10.4. The summed E-state index contributed by atoms with van der Waals surface area (Å²) in [5, 5.41) is 14.3. The summed E-state index contributed by atoms with van der Waals surface area (Å²) < 4.78 is 1.82. The molecule has 4 heteroatoms. The zero-order valence-electron chi connectivity index (χ0n) is 16.9. The van der Waals surface area contributed by atoms with Gasteiger partial charge in [0.15, 0.2) is 5.78 Å². The number of aromatic nitrogens is 2. The normalized spacial score (nSPS) is 32.9. The molecule has 0 aliphatic heterocycles.